The zero-order chi connectivity index (χ0) is 22.1. The van der Waals surface area contributed by atoms with E-state index in [2.05, 4.69) is 0 Å². The smallest absolute Gasteiger partial charge is 0.343 e. The van der Waals surface area contributed by atoms with Crippen LogP contribution < -0.4 is 19.6 Å². The molecule has 32 heavy (non-hydrogen) atoms. The van der Waals surface area contributed by atoms with Gasteiger partial charge >= 0.3 is 5.97 Å². The molecule has 3 aromatic carbocycles. The third-order valence-corrected chi connectivity index (χ3v) is 5.30. The van der Waals surface area contributed by atoms with E-state index in [4.69, 9.17) is 18.6 Å². The van der Waals surface area contributed by atoms with Gasteiger partial charge in [0.25, 0.3) is 0 Å². The number of hydrogen-bond donors (Lipinski definition) is 0. The van der Waals surface area contributed by atoms with E-state index in [0.717, 1.165) is 6.42 Å². The Bertz CT molecular complexity index is 1370. The molecule has 0 aliphatic carbocycles. The van der Waals surface area contributed by atoms with Crippen molar-refractivity contribution in [2.75, 3.05) is 13.2 Å². The third-order valence-electron chi connectivity index (χ3n) is 5.30. The zero-order valence-corrected chi connectivity index (χ0v) is 17.4. The minimum Gasteiger partial charge on any atom is -0.490 e. The van der Waals surface area contributed by atoms with Crippen molar-refractivity contribution in [2.45, 2.75) is 13.3 Å². The minimum atomic E-state index is -0.479. The van der Waals surface area contributed by atoms with Gasteiger partial charge in [-0.05, 0) is 48.9 Å². The highest BCUT2D eigenvalue weighted by molar-refractivity contribution is 5.92. The second-order valence-electron chi connectivity index (χ2n) is 7.49. The topological polar surface area (TPSA) is 75.0 Å². The third kappa shape index (κ3) is 3.71. The largest absolute Gasteiger partial charge is 0.490 e. The maximum absolute atomic E-state index is 13.3. The molecule has 6 nitrogen and oxygen atoms in total. The van der Waals surface area contributed by atoms with Crippen molar-refractivity contribution in [1.82, 2.24) is 0 Å². The number of hydrogen-bond acceptors (Lipinski definition) is 6. The van der Waals surface area contributed by atoms with E-state index in [0.29, 0.717) is 63.9 Å². The molecule has 0 spiro atoms. The number of esters is 1. The van der Waals surface area contributed by atoms with Gasteiger partial charge in [-0.3, -0.25) is 4.79 Å². The van der Waals surface area contributed by atoms with Gasteiger partial charge in [0.1, 0.15) is 17.1 Å². The summed E-state index contributed by atoms with van der Waals surface area (Å²) in [5.74, 6) is 1.56. The van der Waals surface area contributed by atoms with Crippen molar-refractivity contribution >= 4 is 16.9 Å². The number of carbonyl (C=O) groups excluding carboxylic acids is 1. The predicted octanol–water partition coefficient (Wildman–Crippen LogP) is 5.15. The summed E-state index contributed by atoms with van der Waals surface area (Å²) >= 11 is 0. The van der Waals surface area contributed by atoms with E-state index < -0.39 is 5.97 Å². The fraction of sp³-hybridized carbons (Fsp3) is 0.154. The van der Waals surface area contributed by atoms with Crippen LogP contribution in [0.5, 0.6) is 17.2 Å². The highest BCUT2D eigenvalue weighted by atomic mass is 16.5. The molecule has 0 fully saturated rings. The number of ether oxygens (including phenoxy) is 3. The van der Waals surface area contributed by atoms with Crippen molar-refractivity contribution in [3.63, 3.8) is 0 Å². The molecule has 2 heterocycles. The standard InChI is InChI=1S/C26H20O6/c1-16-24(18-8-11-21-23(14-18)30-13-5-12-29-21)25(27)20-10-9-19(15-22(20)31-16)32-26(28)17-6-3-2-4-7-17/h2-4,6-11,14-15H,5,12-13H2,1H3. The molecule has 0 radical (unpaired) electrons. The Labute approximate surface area is 184 Å². The molecule has 6 heteroatoms. The van der Waals surface area contributed by atoms with Crippen LogP contribution in [0.2, 0.25) is 0 Å². The van der Waals surface area contributed by atoms with Crippen LogP contribution in [0.25, 0.3) is 22.1 Å². The van der Waals surface area contributed by atoms with E-state index in [-0.39, 0.29) is 5.43 Å². The second-order valence-corrected chi connectivity index (χ2v) is 7.49. The van der Waals surface area contributed by atoms with Crippen LogP contribution in [-0.4, -0.2) is 19.2 Å². The molecule has 160 valence electrons. The van der Waals surface area contributed by atoms with E-state index in [1.807, 2.05) is 24.3 Å². The van der Waals surface area contributed by atoms with Crippen molar-refractivity contribution in [3.8, 4) is 28.4 Å². The SMILES string of the molecule is Cc1oc2cc(OC(=O)c3ccccc3)ccc2c(=O)c1-c1ccc2c(c1)OCCCO2. The average Bonchev–Trinajstić information content (AvgIpc) is 3.04. The molecule has 1 aliphatic heterocycles. The monoisotopic (exact) mass is 428 g/mol. The number of aryl methyl sites for hydroxylation is 1. The van der Waals surface area contributed by atoms with Gasteiger partial charge in [0.05, 0.1) is 29.7 Å². The van der Waals surface area contributed by atoms with Crippen LogP contribution in [0.1, 0.15) is 22.5 Å². The van der Waals surface area contributed by atoms with Crippen molar-refractivity contribution in [2.24, 2.45) is 0 Å². The van der Waals surface area contributed by atoms with Gasteiger partial charge < -0.3 is 18.6 Å². The van der Waals surface area contributed by atoms with E-state index in [1.165, 1.54) is 0 Å². The molecular formula is C26H20O6. The Hall–Kier alpha value is -4.06. The second kappa shape index (κ2) is 8.23. The average molecular weight is 428 g/mol. The van der Waals surface area contributed by atoms with Crippen molar-refractivity contribution < 1.29 is 23.4 Å². The molecule has 1 aliphatic rings. The Balaban J connectivity index is 1.51. The maximum atomic E-state index is 13.3. The normalized spacial score (nSPS) is 12.9. The highest BCUT2D eigenvalue weighted by Crippen LogP contribution is 2.35. The molecule has 0 unspecified atom stereocenters. The van der Waals surface area contributed by atoms with E-state index in [9.17, 15) is 9.59 Å². The highest BCUT2D eigenvalue weighted by Gasteiger charge is 2.18. The number of carbonyl (C=O) groups is 1. The minimum absolute atomic E-state index is 0.167. The fourth-order valence-corrected chi connectivity index (χ4v) is 3.74. The first kappa shape index (κ1) is 19.9. The molecule has 1 aromatic heterocycles. The predicted molar refractivity (Wildman–Crippen MR) is 120 cm³/mol. The molecular weight excluding hydrogens is 408 g/mol. The summed E-state index contributed by atoms with van der Waals surface area (Å²) in [6, 6.07) is 18.9. The number of fused-ring (bicyclic) bond motifs is 2. The maximum Gasteiger partial charge on any atom is 0.343 e. The summed E-state index contributed by atoms with van der Waals surface area (Å²) in [5.41, 5.74) is 1.78. The van der Waals surface area contributed by atoms with Crippen LogP contribution >= 0.6 is 0 Å². The van der Waals surface area contributed by atoms with Gasteiger partial charge in [-0.25, -0.2) is 4.79 Å². The molecule has 4 aromatic rings. The van der Waals surface area contributed by atoms with Gasteiger partial charge in [0.2, 0.25) is 5.43 Å². The fourth-order valence-electron chi connectivity index (χ4n) is 3.74. The lowest BCUT2D eigenvalue weighted by Gasteiger charge is -2.11. The molecule has 0 N–H and O–H groups in total. The van der Waals surface area contributed by atoms with Crippen LogP contribution in [0.4, 0.5) is 0 Å². The number of rotatable bonds is 3. The summed E-state index contributed by atoms with van der Waals surface area (Å²) < 4.78 is 22.8. The van der Waals surface area contributed by atoms with Crippen molar-refractivity contribution in [1.29, 1.82) is 0 Å². The first-order chi connectivity index (χ1) is 15.6. The molecule has 0 saturated heterocycles. The molecule has 0 bridgehead atoms. The number of benzene rings is 3. The first-order valence-corrected chi connectivity index (χ1v) is 10.3. The Morgan fingerprint density at radius 2 is 1.69 bits per heavy atom. The molecule has 0 amide bonds. The Morgan fingerprint density at radius 3 is 2.50 bits per heavy atom. The lowest BCUT2D eigenvalue weighted by molar-refractivity contribution is 0.0735. The first-order valence-electron chi connectivity index (χ1n) is 10.3. The van der Waals surface area contributed by atoms with Crippen LogP contribution in [0.15, 0.2) is 75.9 Å². The molecule has 0 atom stereocenters. The quantitative estimate of drug-likeness (QED) is 0.332. The zero-order valence-electron chi connectivity index (χ0n) is 17.4. The summed E-state index contributed by atoms with van der Waals surface area (Å²) in [5, 5.41) is 0.400. The Kier molecular flexibility index (Phi) is 5.11. The van der Waals surface area contributed by atoms with Crippen molar-refractivity contribution in [3.05, 3.63) is 88.3 Å². The van der Waals surface area contributed by atoms with Gasteiger partial charge in [-0.15, -0.1) is 0 Å². The summed E-state index contributed by atoms with van der Waals surface area (Å²) in [4.78, 5) is 25.6. The summed E-state index contributed by atoms with van der Waals surface area (Å²) in [6.45, 7) is 2.90. The van der Waals surface area contributed by atoms with Crippen LogP contribution in [-0.2, 0) is 0 Å². The summed E-state index contributed by atoms with van der Waals surface area (Å²) in [7, 11) is 0. The van der Waals surface area contributed by atoms with Crippen LogP contribution in [0, 0.1) is 6.92 Å². The van der Waals surface area contributed by atoms with Gasteiger partial charge in [-0.2, -0.15) is 0 Å². The van der Waals surface area contributed by atoms with Gasteiger partial charge in [-0.1, -0.05) is 24.3 Å². The molecule has 0 saturated carbocycles. The summed E-state index contributed by atoms with van der Waals surface area (Å²) in [6.07, 6.45) is 0.804. The van der Waals surface area contributed by atoms with Gasteiger partial charge in [0, 0.05) is 12.5 Å². The molecule has 5 rings (SSSR count). The lowest BCUT2D eigenvalue weighted by Crippen LogP contribution is -2.10. The van der Waals surface area contributed by atoms with Crippen LogP contribution in [0.3, 0.4) is 0 Å². The Morgan fingerprint density at radius 1 is 0.906 bits per heavy atom. The van der Waals surface area contributed by atoms with E-state index >= 15 is 0 Å². The van der Waals surface area contributed by atoms with E-state index in [1.54, 1.807) is 49.4 Å². The van der Waals surface area contributed by atoms with Gasteiger partial charge in [0.15, 0.2) is 11.5 Å². The lowest BCUT2D eigenvalue weighted by atomic mass is 10.0.